The fraction of sp³-hybridized carbons (Fsp3) is 0.333. The van der Waals surface area contributed by atoms with Crippen molar-refractivity contribution in [3.63, 3.8) is 0 Å². The van der Waals surface area contributed by atoms with E-state index < -0.39 is 0 Å². The molecule has 0 bridgehead atoms. The highest BCUT2D eigenvalue weighted by Crippen LogP contribution is 2.44. The Morgan fingerprint density at radius 1 is 1.37 bits per heavy atom. The first-order valence-corrected chi connectivity index (χ1v) is 6.20. The number of ether oxygens (including phenoxy) is 2. The van der Waals surface area contributed by atoms with Gasteiger partial charge >= 0.3 is 0 Å². The molecule has 0 atom stereocenters. The monoisotopic (exact) mass is 281 g/mol. The van der Waals surface area contributed by atoms with Gasteiger partial charge in [0.15, 0.2) is 11.5 Å². The van der Waals surface area contributed by atoms with Gasteiger partial charge in [-0.3, -0.25) is 0 Å². The summed E-state index contributed by atoms with van der Waals surface area (Å²) in [6, 6.07) is 1.86. The number of rotatable bonds is 2. The predicted molar refractivity (Wildman–Crippen MR) is 68.4 cm³/mol. The number of aromatic nitrogens is 2. The quantitative estimate of drug-likeness (QED) is 0.905. The SMILES string of the molecule is Cc1cc2c(c(Cl)c1-c1noc(CN)n1)OCCO2. The Hall–Kier alpha value is -1.79. The molecule has 19 heavy (non-hydrogen) atoms. The van der Waals surface area contributed by atoms with Crippen LogP contribution in [0.15, 0.2) is 10.6 Å². The van der Waals surface area contributed by atoms with Crippen molar-refractivity contribution in [1.29, 1.82) is 0 Å². The van der Waals surface area contributed by atoms with E-state index in [-0.39, 0.29) is 6.54 Å². The molecular formula is C12H12ClN3O3. The molecule has 0 amide bonds. The summed E-state index contributed by atoms with van der Waals surface area (Å²) < 4.78 is 16.1. The number of nitrogens with two attached hydrogens (primary N) is 1. The highest BCUT2D eigenvalue weighted by Gasteiger charge is 2.23. The van der Waals surface area contributed by atoms with E-state index in [1.165, 1.54) is 0 Å². The third kappa shape index (κ3) is 2.02. The molecule has 1 aliphatic rings. The summed E-state index contributed by atoms with van der Waals surface area (Å²) in [5.41, 5.74) is 7.02. The zero-order chi connectivity index (χ0) is 13.4. The second-order valence-electron chi connectivity index (χ2n) is 4.12. The maximum absolute atomic E-state index is 6.36. The van der Waals surface area contributed by atoms with Crippen LogP contribution >= 0.6 is 11.6 Å². The lowest BCUT2D eigenvalue weighted by atomic mass is 10.1. The van der Waals surface area contributed by atoms with Gasteiger partial charge in [0.25, 0.3) is 0 Å². The molecule has 0 radical (unpaired) electrons. The standard InChI is InChI=1S/C12H12ClN3O3/c1-6-4-7-11(18-3-2-17-7)10(13)9(6)12-15-8(5-14)19-16-12/h4H,2-3,5,14H2,1H3. The minimum absolute atomic E-state index is 0.189. The van der Waals surface area contributed by atoms with Gasteiger partial charge in [0, 0.05) is 5.56 Å². The van der Waals surface area contributed by atoms with Crippen LogP contribution in [0.2, 0.25) is 5.02 Å². The molecule has 1 aromatic heterocycles. The van der Waals surface area contributed by atoms with Crippen molar-refractivity contribution in [1.82, 2.24) is 10.1 Å². The summed E-state index contributed by atoms with van der Waals surface area (Å²) in [6.07, 6.45) is 0. The van der Waals surface area contributed by atoms with Crippen molar-refractivity contribution in [2.45, 2.75) is 13.5 Å². The third-order valence-electron chi connectivity index (χ3n) is 2.84. The van der Waals surface area contributed by atoms with Crippen LogP contribution in [0.1, 0.15) is 11.5 Å². The highest BCUT2D eigenvalue weighted by atomic mass is 35.5. The van der Waals surface area contributed by atoms with Gasteiger partial charge in [-0.15, -0.1) is 0 Å². The molecule has 2 aromatic rings. The Bertz CT molecular complexity index is 627. The number of halogens is 1. The average molecular weight is 282 g/mol. The molecule has 0 unspecified atom stereocenters. The van der Waals surface area contributed by atoms with E-state index in [0.717, 1.165) is 5.56 Å². The Kier molecular flexibility index (Phi) is 3.04. The van der Waals surface area contributed by atoms with Crippen molar-refractivity contribution in [2.75, 3.05) is 13.2 Å². The summed E-state index contributed by atoms with van der Waals surface area (Å²) >= 11 is 6.36. The van der Waals surface area contributed by atoms with Crippen LogP contribution in [0.3, 0.4) is 0 Å². The van der Waals surface area contributed by atoms with Crippen LogP contribution < -0.4 is 15.2 Å². The van der Waals surface area contributed by atoms with E-state index in [4.69, 9.17) is 31.3 Å². The lowest BCUT2D eigenvalue weighted by molar-refractivity contribution is 0.171. The van der Waals surface area contributed by atoms with Gasteiger partial charge in [0.05, 0.1) is 11.6 Å². The molecule has 0 aliphatic carbocycles. The zero-order valence-electron chi connectivity index (χ0n) is 10.3. The van der Waals surface area contributed by atoms with Crippen LogP contribution in [-0.4, -0.2) is 23.4 Å². The molecule has 3 rings (SSSR count). The van der Waals surface area contributed by atoms with Crippen molar-refractivity contribution in [3.8, 4) is 22.9 Å². The summed E-state index contributed by atoms with van der Waals surface area (Å²) in [5.74, 6) is 1.92. The normalized spacial score (nSPS) is 13.6. The van der Waals surface area contributed by atoms with E-state index in [9.17, 15) is 0 Å². The van der Waals surface area contributed by atoms with Crippen molar-refractivity contribution in [2.24, 2.45) is 5.73 Å². The van der Waals surface area contributed by atoms with Gasteiger partial charge in [0.1, 0.15) is 13.2 Å². The summed E-state index contributed by atoms with van der Waals surface area (Å²) in [6.45, 7) is 3.07. The van der Waals surface area contributed by atoms with Gasteiger partial charge in [0.2, 0.25) is 11.7 Å². The number of fused-ring (bicyclic) bond motifs is 1. The molecular weight excluding hydrogens is 270 g/mol. The largest absolute Gasteiger partial charge is 0.486 e. The Labute approximate surface area is 114 Å². The molecule has 0 saturated heterocycles. The molecule has 0 fully saturated rings. The maximum atomic E-state index is 6.36. The van der Waals surface area contributed by atoms with Crippen molar-refractivity contribution >= 4 is 11.6 Å². The molecule has 0 saturated carbocycles. The second-order valence-corrected chi connectivity index (χ2v) is 4.50. The van der Waals surface area contributed by atoms with E-state index in [0.29, 0.717) is 47.0 Å². The van der Waals surface area contributed by atoms with E-state index >= 15 is 0 Å². The smallest absolute Gasteiger partial charge is 0.240 e. The van der Waals surface area contributed by atoms with Crippen LogP contribution in [-0.2, 0) is 6.54 Å². The molecule has 2 heterocycles. The molecule has 7 heteroatoms. The fourth-order valence-corrected chi connectivity index (χ4v) is 2.36. The summed E-state index contributed by atoms with van der Waals surface area (Å²) in [4.78, 5) is 4.19. The Morgan fingerprint density at radius 2 is 2.16 bits per heavy atom. The molecule has 0 spiro atoms. The predicted octanol–water partition coefficient (Wildman–Crippen LogP) is 1.93. The Morgan fingerprint density at radius 3 is 2.89 bits per heavy atom. The molecule has 2 N–H and O–H groups in total. The zero-order valence-corrected chi connectivity index (χ0v) is 11.0. The van der Waals surface area contributed by atoms with Crippen LogP contribution in [0, 0.1) is 6.92 Å². The molecule has 100 valence electrons. The number of aryl methyl sites for hydroxylation is 1. The topological polar surface area (TPSA) is 83.4 Å². The first kappa shape index (κ1) is 12.3. The van der Waals surface area contributed by atoms with Gasteiger partial charge in [-0.1, -0.05) is 16.8 Å². The Balaban J connectivity index is 2.15. The summed E-state index contributed by atoms with van der Waals surface area (Å²) in [7, 11) is 0. The number of benzene rings is 1. The van der Waals surface area contributed by atoms with Crippen molar-refractivity contribution in [3.05, 3.63) is 22.5 Å². The van der Waals surface area contributed by atoms with Gasteiger partial charge in [-0.25, -0.2) is 0 Å². The number of nitrogens with zero attached hydrogens (tertiary/aromatic N) is 2. The first-order chi connectivity index (χ1) is 9.20. The lowest BCUT2D eigenvalue weighted by Crippen LogP contribution is -2.16. The molecule has 1 aliphatic heterocycles. The van der Waals surface area contributed by atoms with Gasteiger partial charge < -0.3 is 19.7 Å². The maximum Gasteiger partial charge on any atom is 0.240 e. The third-order valence-corrected chi connectivity index (χ3v) is 3.20. The van der Waals surface area contributed by atoms with Crippen LogP contribution in [0.4, 0.5) is 0 Å². The molecule has 1 aromatic carbocycles. The first-order valence-electron chi connectivity index (χ1n) is 5.82. The summed E-state index contributed by atoms with van der Waals surface area (Å²) in [5, 5.41) is 4.31. The van der Waals surface area contributed by atoms with Gasteiger partial charge in [-0.05, 0) is 18.6 Å². The van der Waals surface area contributed by atoms with Crippen LogP contribution in [0.5, 0.6) is 11.5 Å². The van der Waals surface area contributed by atoms with Gasteiger partial charge in [-0.2, -0.15) is 4.98 Å². The highest BCUT2D eigenvalue weighted by molar-refractivity contribution is 6.35. The van der Waals surface area contributed by atoms with E-state index in [1.807, 2.05) is 13.0 Å². The lowest BCUT2D eigenvalue weighted by Gasteiger charge is -2.21. The minimum atomic E-state index is 0.189. The van der Waals surface area contributed by atoms with Crippen LogP contribution in [0.25, 0.3) is 11.4 Å². The number of hydrogen-bond acceptors (Lipinski definition) is 6. The average Bonchev–Trinajstić information content (AvgIpc) is 2.87. The second kappa shape index (κ2) is 4.71. The number of hydrogen-bond donors (Lipinski definition) is 1. The minimum Gasteiger partial charge on any atom is -0.486 e. The van der Waals surface area contributed by atoms with E-state index in [1.54, 1.807) is 0 Å². The molecule has 6 nitrogen and oxygen atoms in total. The van der Waals surface area contributed by atoms with E-state index in [2.05, 4.69) is 10.1 Å². The van der Waals surface area contributed by atoms with Crippen molar-refractivity contribution < 1.29 is 14.0 Å². The fourth-order valence-electron chi connectivity index (χ4n) is 1.98.